The van der Waals surface area contributed by atoms with Gasteiger partial charge in [-0.15, -0.1) is 0 Å². The molecule has 0 radical (unpaired) electrons. The molecule has 0 aliphatic rings. The first kappa shape index (κ1) is 53.1. The van der Waals surface area contributed by atoms with Gasteiger partial charge in [0.05, 0.1) is 0 Å². The van der Waals surface area contributed by atoms with Crippen LogP contribution >= 0.6 is 15.6 Å². The van der Waals surface area contributed by atoms with Crippen LogP contribution in [0.2, 0.25) is 0 Å². The van der Waals surface area contributed by atoms with E-state index in [4.69, 9.17) is 43.2 Å². The van der Waals surface area contributed by atoms with Gasteiger partial charge in [-0.1, -0.05) is 105 Å². The minimum atomic E-state index is -5.39. The summed E-state index contributed by atoms with van der Waals surface area (Å²) in [7, 11) is -10.8. The summed E-state index contributed by atoms with van der Waals surface area (Å²) in [5, 5.41) is 0. The fourth-order valence-electron chi connectivity index (χ4n) is 3.73. The maximum Gasteiger partial charge on any atom is 2.00 e. The number of hydrogen-bond acceptors (Lipinski definition) is 9. The molecule has 2 atom stereocenters. The molecule has 0 amide bonds. The van der Waals surface area contributed by atoms with E-state index in [0.29, 0.717) is 0 Å². The normalized spacial score (nSPS) is 12.3. The molecule has 0 bridgehead atoms. The molecule has 0 spiro atoms. The van der Waals surface area contributed by atoms with Gasteiger partial charge in [0.25, 0.3) is 0 Å². The van der Waals surface area contributed by atoms with E-state index in [2.05, 4.69) is 27.7 Å². The van der Waals surface area contributed by atoms with Gasteiger partial charge in [0.15, 0.2) is 0 Å². The molecule has 0 aromatic heterocycles. The van der Waals surface area contributed by atoms with Gasteiger partial charge in [-0.2, -0.15) is 15.6 Å². The molecule has 38 heavy (non-hydrogen) atoms. The van der Waals surface area contributed by atoms with Crippen LogP contribution in [0.1, 0.15) is 130 Å². The standard InChI is InChI=1S/C24H50O.3Mg.2H3O4P/c1-5-9-13-15-19-23(17-11-7-3)21-25-22-24(18-12-8-4)20-16-14-10-6-2;;;;2*1-5(2,3)4/h23-24H,5-22H2,1-4H3;;;;2*(H3,1,2,3,4)/q;3*+2;;/p-6. The Hall–Kier alpha value is 2.48. The number of hydrogen-bond donors (Lipinski definition) is 0. The molecule has 0 fully saturated rings. The van der Waals surface area contributed by atoms with Gasteiger partial charge in [-0.3, -0.25) is 0 Å². The summed E-state index contributed by atoms with van der Waals surface area (Å²) in [5.74, 6) is 1.62. The Morgan fingerprint density at radius 1 is 0.474 bits per heavy atom. The Labute approximate surface area is 281 Å². The van der Waals surface area contributed by atoms with Crippen LogP contribution < -0.4 is 29.4 Å². The number of phosphoric acid groups is 2. The molecule has 0 aromatic rings. The van der Waals surface area contributed by atoms with Gasteiger partial charge >= 0.3 is 69.2 Å². The molecule has 0 aromatic carbocycles. The zero-order valence-corrected chi connectivity index (χ0v) is 30.6. The fraction of sp³-hybridized carbons (Fsp3) is 1.00. The molecule has 9 nitrogen and oxygen atoms in total. The van der Waals surface area contributed by atoms with E-state index in [1.165, 1.54) is 103 Å². The Morgan fingerprint density at radius 2 is 0.711 bits per heavy atom. The first-order valence-corrected chi connectivity index (χ1v) is 16.2. The summed E-state index contributed by atoms with van der Waals surface area (Å²) in [6.07, 6.45) is 22.0. The summed E-state index contributed by atoms with van der Waals surface area (Å²) in [6, 6.07) is 0. The molecule has 0 aliphatic carbocycles. The Kier molecular flexibility index (Phi) is 52.4. The van der Waals surface area contributed by atoms with Crippen molar-refractivity contribution < 1.29 is 43.2 Å². The third-order valence-corrected chi connectivity index (χ3v) is 5.57. The molecule has 14 heteroatoms. The molecule has 0 saturated heterocycles. The largest absolute Gasteiger partial charge is 2.00 e. The first-order chi connectivity index (χ1) is 16.3. The van der Waals surface area contributed by atoms with E-state index in [-0.39, 0.29) is 69.2 Å². The van der Waals surface area contributed by atoms with Crippen molar-refractivity contribution in [1.82, 2.24) is 0 Å². The van der Waals surface area contributed by atoms with Crippen LogP contribution in [-0.2, 0) is 13.9 Å². The molecule has 0 N–H and O–H groups in total. The van der Waals surface area contributed by atoms with E-state index >= 15 is 0 Å². The SMILES string of the molecule is CCCCCCC(CCCC)COCC(CCCC)CCCCCC.O=P([O-])([O-])[O-].O=P([O-])([O-])[O-].[Mg+2].[Mg+2].[Mg+2]. The molecule has 0 saturated carbocycles. The van der Waals surface area contributed by atoms with Crippen LogP contribution in [0, 0.1) is 11.8 Å². The molecule has 0 aliphatic heterocycles. The molecule has 0 heterocycles. The molecule has 0 rings (SSSR count). The molecular weight excluding hydrogens is 567 g/mol. The van der Waals surface area contributed by atoms with Gasteiger partial charge in [0.2, 0.25) is 0 Å². The number of rotatable bonds is 20. The van der Waals surface area contributed by atoms with Gasteiger partial charge in [0, 0.05) is 13.2 Å². The number of ether oxygens (including phenoxy) is 1. The monoisotopic (exact) mass is 616 g/mol. The van der Waals surface area contributed by atoms with Crippen LogP contribution in [0.3, 0.4) is 0 Å². The third kappa shape index (κ3) is 66.6. The predicted molar refractivity (Wildman–Crippen MR) is 147 cm³/mol. The summed E-state index contributed by atoms with van der Waals surface area (Å²) in [5.41, 5.74) is 0. The quantitative estimate of drug-likeness (QED) is 0.112. The van der Waals surface area contributed by atoms with E-state index in [1.54, 1.807) is 0 Å². The summed E-state index contributed by atoms with van der Waals surface area (Å²) in [6.45, 7) is 11.3. The van der Waals surface area contributed by atoms with Crippen LogP contribution in [0.15, 0.2) is 0 Å². The summed E-state index contributed by atoms with van der Waals surface area (Å²) >= 11 is 0. The van der Waals surface area contributed by atoms with Gasteiger partial charge in [-0.05, 0) is 37.5 Å². The van der Waals surface area contributed by atoms with Crippen molar-refractivity contribution in [2.45, 2.75) is 130 Å². The van der Waals surface area contributed by atoms with Gasteiger partial charge < -0.3 is 43.2 Å². The first-order valence-electron chi connectivity index (χ1n) is 13.3. The number of unbranched alkanes of at least 4 members (excludes halogenated alkanes) is 8. The maximum atomic E-state index is 8.55. The van der Waals surface area contributed by atoms with Crippen molar-refractivity contribution in [3.8, 4) is 0 Å². The Bertz CT molecular complexity index is 464. The van der Waals surface area contributed by atoms with Crippen LogP contribution in [0.4, 0.5) is 0 Å². The fourth-order valence-corrected chi connectivity index (χ4v) is 3.73. The average Bonchev–Trinajstić information content (AvgIpc) is 2.72. The Balaban J connectivity index is -0.000000167. The van der Waals surface area contributed by atoms with Crippen LogP contribution in [-0.4, -0.2) is 82.4 Å². The van der Waals surface area contributed by atoms with Crippen molar-refractivity contribution in [3.05, 3.63) is 0 Å². The van der Waals surface area contributed by atoms with Crippen LogP contribution in [0.5, 0.6) is 0 Å². The van der Waals surface area contributed by atoms with E-state index in [0.717, 1.165) is 25.0 Å². The van der Waals surface area contributed by atoms with Crippen molar-refractivity contribution in [2.75, 3.05) is 13.2 Å². The van der Waals surface area contributed by atoms with E-state index in [9.17, 15) is 0 Å². The third-order valence-electron chi connectivity index (χ3n) is 5.57. The zero-order valence-electron chi connectivity index (χ0n) is 24.6. The minimum absolute atomic E-state index is 0. The van der Waals surface area contributed by atoms with Crippen molar-refractivity contribution in [2.24, 2.45) is 11.8 Å². The van der Waals surface area contributed by atoms with Gasteiger partial charge in [-0.25, -0.2) is 0 Å². The topological polar surface area (TPSA) is 182 Å². The molecule has 2 unspecified atom stereocenters. The maximum absolute atomic E-state index is 8.55. The summed E-state index contributed by atoms with van der Waals surface area (Å²) < 4.78 is 23.4. The molecule has 216 valence electrons. The Morgan fingerprint density at radius 3 is 0.947 bits per heavy atom. The second kappa shape index (κ2) is 37.5. The minimum Gasteiger partial charge on any atom is -0.822 e. The second-order valence-corrected chi connectivity index (χ2v) is 10.9. The predicted octanol–water partition coefficient (Wildman–Crippen LogP) is 1.77. The second-order valence-electron chi connectivity index (χ2n) is 9.15. The summed E-state index contributed by atoms with van der Waals surface area (Å²) in [4.78, 5) is 51.3. The molecular formula is C24H50Mg3O9P2. The van der Waals surface area contributed by atoms with Gasteiger partial charge in [0.1, 0.15) is 0 Å². The zero-order chi connectivity index (χ0) is 27.6. The van der Waals surface area contributed by atoms with E-state index in [1.807, 2.05) is 0 Å². The van der Waals surface area contributed by atoms with Crippen molar-refractivity contribution in [1.29, 1.82) is 0 Å². The van der Waals surface area contributed by atoms with E-state index < -0.39 is 15.6 Å². The van der Waals surface area contributed by atoms with Crippen LogP contribution in [0.25, 0.3) is 0 Å². The average molecular weight is 618 g/mol. The van der Waals surface area contributed by atoms with Crippen molar-refractivity contribution in [3.63, 3.8) is 0 Å². The smallest absolute Gasteiger partial charge is 0.822 e. The van der Waals surface area contributed by atoms with Crippen molar-refractivity contribution >= 4 is 84.8 Å².